The van der Waals surface area contributed by atoms with Crippen molar-refractivity contribution in [2.45, 2.75) is 12.3 Å². The van der Waals surface area contributed by atoms with Gasteiger partial charge in [0.15, 0.2) is 0 Å². The second kappa shape index (κ2) is 6.73. The van der Waals surface area contributed by atoms with Gasteiger partial charge in [-0.25, -0.2) is 4.98 Å². The van der Waals surface area contributed by atoms with Crippen LogP contribution in [0, 0.1) is 0 Å². The molecule has 0 aromatic carbocycles. The van der Waals surface area contributed by atoms with Crippen molar-refractivity contribution in [1.29, 1.82) is 0 Å². The zero-order valence-corrected chi connectivity index (χ0v) is 12.2. The minimum Gasteiger partial charge on any atom is -0.359 e. The molecule has 0 N–H and O–H groups in total. The number of rotatable bonds is 5. The van der Waals surface area contributed by atoms with E-state index < -0.39 is 0 Å². The second-order valence-corrected chi connectivity index (χ2v) is 4.97. The van der Waals surface area contributed by atoms with E-state index in [1.807, 2.05) is 37.6 Å². The van der Waals surface area contributed by atoms with E-state index in [9.17, 15) is 0 Å². The number of anilines is 1. The lowest BCUT2D eigenvalue weighted by molar-refractivity contribution is 0.857. The Morgan fingerprint density at radius 3 is 2.68 bits per heavy atom. The Bertz CT molecular complexity index is 531. The van der Waals surface area contributed by atoms with Gasteiger partial charge in [-0.3, -0.25) is 4.98 Å². The molecule has 0 fully saturated rings. The van der Waals surface area contributed by atoms with E-state index >= 15 is 0 Å². The average Bonchev–Trinajstić information content (AvgIpc) is 2.46. The Morgan fingerprint density at radius 2 is 2.00 bits per heavy atom. The second-order valence-electron chi connectivity index (χ2n) is 4.29. The van der Waals surface area contributed by atoms with E-state index in [1.165, 1.54) is 5.56 Å². The zero-order chi connectivity index (χ0) is 13.7. The van der Waals surface area contributed by atoms with Gasteiger partial charge in [0, 0.05) is 38.1 Å². The molecule has 100 valence electrons. The molecule has 0 atom stereocenters. The monoisotopic (exact) mass is 295 g/mol. The zero-order valence-electron chi connectivity index (χ0n) is 10.7. The van der Waals surface area contributed by atoms with E-state index in [-0.39, 0.29) is 0 Å². The summed E-state index contributed by atoms with van der Waals surface area (Å²) in [6.45, 7) is 0.875. The van der Waals surface area contributed by atoms with E-state index in [2.05, 4.69) is 14.9 Å². The summed E-state index contributed by atoms with van der Waals surface area (Å²) in [7, 11) is 2.01. The van der Waals surface area contributed by atoms with Crippen LogP contribution in [-0.2, 0) is 12.3 Å². The minimum atomic E-state index is 0.395. The molecule has 0 bridgehead atoms. The van der Waals surface area contributed by atoms with E-state index in [1.54, 1.807) is 6.20 Å². The van der Waals surface area contributed by atoms with Crippen molar-refractivity contribution in [2.75, 3.05) is 18.5 Å². The summed E-state index contributed by atoms with van der Waals surface area (Å²) < 4.78 is 0. The number of hydrogen-bond acceptors (Lipinski definition) is 3. The summed E-state index contributed by atoms with van der Waals surface area (Å²) in [5.74, 6) is 1.28. The van der Waals surface area contributed by atoms with Crippen molar-refractivity contribution in [3.05, 3.63) is 52.9 Å². The highest BCUT2D eigenvalue weighted by atomic mass is 35.5. The van der Waals surface area contributed by atoms with Gasteiger partial charge in [0.25, 0.3) is 0 Å². The summed E-state index contributed by atoms with van der Waals surface area (Å²) in [6, 6.07) is 5.97. The van der Waals surface area contributed by atoms with Gasteiger partial charge in [-0.15, -0.1) is 11.6 Å². The predicted molar refractivity (Wildman–Crippen MR) is 80.0 cm³/mol. The van der Waals surface area contributed by atoms with Crippen LogP contribution in [0.3, 0.4) is 0 Å². The molecule has 19 heavy (non-hydrogen) atoms. The highest BCUT2D eigenvalue weighted by Gasteiger charge is 2.06. The molecule has 2 aromatic heterocycles. The van der Waals surface area contributed by atoms with Crippen LogP contribution >= 0.6 is 23.2 Å². The lowest BCUT2D eigenvalue weighted by Crippen LogP contribution is -2.21. The Morgan fingerprint density at radius 1 is 1.26 bits per heavy atom. The van der Waals surface area contributed by atoms with Gasteiger partial charge in [-0.2, -0.15) is 0 Å². The predicted octanol–water partition coefficient (Wildman–Crippen LogP) is 3.55. The molecule has 0 aliphatic rings. The number of aromatic nitrogens is 2. The smallest absolute Gasteiger partial charge is 0.128 e. The molecule has 5 heteroatoms. The maximum Gasteiger partial charge on any atom is 0.128 e. The Labute approximate surface area is 123 Å². The number of pyridine rings is 2. The number of halogens is 2. The van der Waals surface area contributed by atoms with Gasteiger partial charge in [-0.05, 0) is 35.7 Å². The number of hydrogen-bond donors (Lipinski definition) is 0. The fraction of sp³-hybridized carbons (Fsp3) is 0.286. The maximum absolute atomic E-state index is 6.00. The lowest BCUT2D eigenvalue weighted by Gasteiger charge is -2.19. The van der Waals surface area contributed by atoms with Crippen molar-refractivity contribution in [1.82, 2.24) is 9.97 Å². The number of likely N-dealkylation sites (N-methyl/N-ethyl adjacent to an activating group) is 1. The molecule has 3 nitrogen and oxygen atoms in total. The third kappa shape index (κ3) is 3.82. The third-order valence-corrected chi connectivity index (χ3v) is 3.57. The van der Waals surface area contributed by atoms with Crippen LogP contribution in [0.5, 0.6) is 0 Å². The fourth-order valence-corrected chi connectivity index (χ4v) is 2.20. The molecule has 0 radical (unpaired) electrons. The van der Waals surface area contributed by atoms with Crippen LogP contribution in [0.15, 0.2) is 36.8 Å². The maximum atomic E-state index is 6.00. The fourth-order valence-electron chi connectivity index (χ4n) is 1.74. The summed E-state index contributed by atoms with van der Waals surface area (Å²) in [5.41, 5.74) is 2.16. The highest BCUT2D eigenvalue weighted by Crippen LogP contribution is 2.21. The van der Waals surface area contributed by atoms with E-state index in [4.69, 9.17) is 23.2 Å². The average molecular weight is 296 g/mol. The van der Waals surface area contributed by atoms with Crippen molar-refractivity contribution >= 4 is 29.0 Å². The molecule has 2 heterocycles. The van der Waals surface area contributed by atoms with Crippen LogP contribution in [0.4, 0.5) is 5.82 Å². The van der Waals surface area contributed by atoms with Gasteiger partial charge in [-0.1, -0.05) is 11.6 Å². The SMILES string of the molecule is CN(CCc1ccncc1)c1cc(CCl)c(Cl)cn1. The first-order valence-electron chi connectivity index (χ1n) is 6.01. The van der Waals surface area contributed by atoms with Crippen LogP contribution in [0.25, 0.3) is 0 Å². The van der Waals surface area contributed by atoms with Crippen LogP contribution in [0.1, 0.15) is 11.1 Å². The first kappa shape index (κ1) is 14.1. The Kier molecular flexibility index (Phi) is 5.00. The summed E-state index contributed by atoms with van der Waals surface area (Å²) in [4.78, 5) is 10.4. The Hall–Kier alpha value is -1.32. The molecule has 0 amide bonds. The highest BCUT2D eigenvalue weighted by molar-refractivity contribution is 6.32. The summed E-state index contributed by atoms with van der Waals surface area (Å²) in [6.07, 6.45) is 6.21. The molecule has 0 spiro atoms. The normalized spacial score (nSPS) is 10.5. The summed E-state index contributed by atoms with van der Waals surface area (Å²) >= 11 is 11.8. The molecule has 2 aromatic rings. The molecule has 0 saturated heterocycles. The lowest BCUT2D eigenvalue weighted by atomic mass is 10.2. The van der Waals surface area contributed by atoms with Crippen LogP contribution < -0.4 is 4.90 Å². The molecule has 0 aliphatic carbocycles. The van der Waals surface area contributed by atoms with Gasteiger partial charge in [0.1, 0.15) is 5.82 Å². The molecule has 0 aliphatic heterocycles. The van der Waals surface area contributed by atoms with Gasteiger partial charge >= 0.3 is 0 Å². The van der Waals surface area contributed by atoms with Crippen LogP contribution in [-0.4, -0.2) is 23.6 Å². The van der Waals surface area contributed by atoms with Crippen LogP contribution in [0.2, 0.25) is 5.02 Å². The van der Waals surface area contributed by atoms with Gasteiger partial charge < -0.3 is 4.90 Å². The summed E-state index contributed by atoms with van der Waals surface area (Å²) in [5, 5.41) is 0.612. The molecular formula is C14H15Cl2N3. The van der Waals surface area contributed by atoms with Crippen molar-refractivity contribution in [3.8, 4) is 0 Å². The number of alkyl halides is 1. The topological polar surface area (TPSA) is 29.0 Å². The van der Waals surface area contributed by atoms with Crippen molar-refractivity contribution < 1.29 is 0 Å². The third-order valence-electron chi connectivity index (χ3n) is 2.94. The van der Waals surface area contributed by atoms with Crippen molar-refractivity contribution in [2.24, 2.45) is 0 Å². The molecular weight excluding hydrogens is 281 g/mol. The Balaban J connectivity index is 2.02. The molecule has 0 unspecified atom stereocenters. The van der Waals surface area contributed by atoms with E-state index in [0.717, 1.165) is 24.3 Å². The largest absolute Gasteiger partial charge is 0.359 e. The van der Waals surface area contributed by atoms with Gasteiger partial charge in [0.2, 0.25) is 0 Å². The van der Waals surface area contributed by atoms with E-state index in [0.29, 0.717) is 10.9 Å². The standard InChI is InChI=1S/C14H15Cl2N3/c1-19(7-4-11-2-5-17-6-3-11)14-8-12(9-15)13(16)10-18-14/h2-3,5-6,8,10H,4,7,9H2,1H3. The first-order chi connectivity index (χ1) is 9.20. The quantitative estimate of drug-likeness (QED) is 0.790. The first-order valence-corrected chi connectivity index (χ1v) is 6.92. The minimum absolute atomic E-state index is 0.395. The van der Waals surface area contributed by atoms with Gasteiger partial charge in [0.05, 0.1) is 5.02 Å². The molecule has 2 rings (SSSR count). The van der Waals surface area contributed by atoms with Crippen molar-refractivity contribution in [3.63, 3.8) is 0 Å². The number of nitrogens with zero attached hydrogens (tertiary/aromatic N) is 3. The molecule has 0 saturated carbocycles.